The number of hydrogen-bond acceptors (Lipinski definition) is 3. The lowest BCUT2D eigenvalue weighted by Crippen LogP contribution is -2.07. The molecule has 0 aliphatic heterocycles. The Hall–Kier alpha value is -3.07. The maximum Gasteiger partial charge on any atom is 0.166 e. The lowest BCUT2D eigenvalue weighted by Gasteiger charge is -2.14. The van der Waals surface area contributed by atoms with Gasteiger partial charge in [-0.1, -0.05) is 48.5 Å². The fourth-order valence-corrected chi connectivity index (χ4v) is 3.39. The molecule has 0 aromatic heterocycles. The molecule has 0 amide bonds. The standard InChI is InChI=1S/C26H28O3/c1-18-10-12-22(25(16-18)29-17-21-8-6-5-7-9-21)13-15-24(27)23-14-11-19(2)20(3)26(23)28-4/h5-12,14,16H,13,15,17H2,1-4H3. The van der Waals surface area contributed by atoms with Gasteiger partial charge in [-0.25, -0.2) is 0 Å². The number of ketones is 1. The summed E-state index contributed by atoms with van der Waals surface area (Å²) in [6, 6.07) is 20.1. The summed E-state index contributed by atoms with van der Waals surface area (Å²) in [4.78, 5) is 12.9. The van der Waals surface area contributed by atoms with Crippen LogP contribution in [-0.2, 0) is 13.0 Å². The van der Waals surface area contributed by atoms with Gasteiger partial charge in [-0.2, -0.15) is 0 Å². The molecule has 3 aromatic rings. The molecule has 3 rings (SSSR count). The van der Waals surface area contributed by atoms with Crippen LogP contribution in [0, 0.1) is 20.8 Å². The van der Waals surface area contributed by atoms with Crippen molar-refractivity contribution < 1.29 is 14.3 Å². The van der Waals surface area contributed by atoms with E-state index in [4.69, 9.17) is 9.47 Å². The van der Waals surface area contributed by atoms with Crippen LogP contribution in [0.1, 0.15) is 44.6 Å². The second-order valence-corrected chi connectivity index (χ2v) is 7.40. The lowest BCUT2D eigenvalue weighted by atomic mass is 9.97. The van der Waals surface area contributed by atoms with Gasteiger partial charge < -0.3 is 9.47 Å². The van der Waals surface area contributed by atoms with Crippen molar-refractivity contribution in [2.75, 3.05) is 7.11 Å². The van der Waals surface area contributed by atoms with Crippen molar-refractivity contribution in [1.82, 2.24) is 0 Å². The molecule has 0 spiro atoms. The van der Waals surface area contributed by atoms with Crippen molar-refractivity contribution in [2.24, 2.45) is 0 Å². The fraction of sp³-hybridized carbons (Fsp3) is 0.269. The van der Waals surface area contributed by atoms with Crippen LogP contribution in [0.4, 0.5) is 0 Å². The van der Waals surface area contributed by atoms with E-state index in [2.05, 4.69) is 12.1 Å². The van der Waals surface area contributed by atoms with Crippen LogP contribution in [-0.4, -0.2) is 12.9 Å². The van der Waals surface area contributed by atoms with Crippen molar-refractivity contribution in [3.05, 3.63) is 94.0 Å². The Labute approximate surface area is 173 Å². The molecule has 0 bridgehead atoms. The second kappa shape index (κ2) is 9.42. The number of carbonyl (C=O) groups excluding carboxylic acids is 1. The minimum atomic E-state index is 0.0829. The monoisotopic (exact) mass is 388 g/mol. The van der Waals surface area contributed by atoms with Crippen LogP contribution in [0.3, 0.4) is 0 Å². The number of aryl methyl sites for hydroxylation is 3. The predicted octanol–water partition coefficient (Wildman–Crippen LogP) is 6.01. The lowest BCUT2D eigenvalue weighted by molar-refractivity contribution is 0.0979. The summed E-state index contributed by atoms with van der Waals surface area (Å²) in [6.07, 6.45) is 1.03. The molecule has 0 atom stereocenters. The third-order valence-corrected chi connectivity index (χ3v) is 5.26. The molecule has 0 unspecified atom stereocenters. The van der Waals surface area contributed by atoms with Crippen LogP contribution >= 0.6 is 0 Å². The normalized spacial score (nSPS) is 10.6. The molecular weight excluding hydrogens is 360 g/mol. The zero-order valence-corrected chi connectivity index (χ0v) is 17.6. The second-order valence-electron chi connectivity index (χ2n) is 7.40. The Balaban J connectivity index is 1.74. The minimum absolute atomic E-state index is 0.0829. The summed E-state index contributed by atoms with van der Waals surface area (Å²) in [5.74, 6) is 1.60. The van der Waals surface area contributed by atoms with Gasteiger partial charge in [-0.05, 0) is 67.1 Å². The predicted molar refractivity (Wildman–Crippen MR) is 117 cm³/mol. The van der Waals surface area contributed by atoms with Crippen molar-refractivity contribution >= 4 is 5.78 Å². The first-order chi connectivity index (χ1) is 14.0. The molecule has 3 aromatic carbocycles. The Bertz CT molecular complexity index is 990. The van der Waals surface area contributed by atoms with Gasteiger partial charge >= 0.3 is 0 Å². The van der Waals surface area contributed by atoms with Crippen LogP contribution < -0.4 is 9.47 Å². The molecule has 0 saturated heterocycles. The molecule has 150 valence electrons. The number of ether oxygens (including phenoxy) is 2. The van der Waals surface area contributed by atoms with E-state index in [1.165, 1.54) is 0 Å². The summed E-state index contributed by atoms with van der Waals surface area (Å²) < 4.78 is 11.6. The highest BCUT2D eigenvalue weighted by Crippen LogP contribution is 2.29. The summed E-state index contributed by atoms with van der Waals surface area (Å²) >= 11 is 0. The van der Waals surface area contributed by atoms with Crippen molar-refractivity contribution in [3.8, 4) is 11.5 Å². The SMILES string of the molecule is COc1c(C(=O)CCc2ccc(C)cc2OCc2ccccc2)ccc(C)c1C. The van der Waals surface area contributed by atoms with E-state index in [0.717, 1.165) is 33.6 Å². The summed E-state index contributed by atoms with van der Waals surface area (Å²) in [5, 5.41) is 0. The van der Waals surface area contributed by atoms with Gasteiger partial charge in [0.2, 0.25) is 0 Å². The van der Waals surface area contributed by atoms with Crippen molar-refractivity contribution in [2.45, 2.75) is 40.2 Å². The Morgan fingerprint density at radius 1 is 0.931 bits per heavy atom. The van der Waals surface area contributed by atoms with Gasteiger partial charge in [-0.15, -0.1) is 0 Å². The average Bonchev–Trinajstić information content (AvgIpc) is 2.73. The molecule has 0 saturated carbocycles. The first kappa shape index (κ1) is 20.7. The van der Waals surface area contributed by atoms with Gasteiger partial charge in [0.15, 0.2) is 5.78 Å². The quantitative estimate of drug-likeness (QED) is 0.443. The van der Waals surface area contributed by atoms with E-state index in [1.54, 1.807) is 7.11 Å². The number of carbonyl (C=O) groups is 1. The van der Waals surface area contributed by atoms with E-state index in [1.807, 2.05) is 69.3 Å². The van der Waals surface area contributed by atoms with E-state index < -0.39 is 0 Å². The largest absolute Gasteiger partial charge is 0.496 e. The summed E-state index contributed by atoms with van der Waals surface area (Å²) in [6.45, 7) is 6.57. The van der Waals surface area contributed by atoms with Crippen molar-refractivity contribution in [1.29, 1.82) is 0 Å². The molecule has 0 fully saturated rings. The molecule has 3 heteroatoms. The average molecular weight is 389 g/mol. The minimum Gasteiger partial charge on any atom is -0.496 e. The molecule has 0 radical (unpaired) electrons. The first-order valence-electron chi connectivity index (χ1n) is 9.93. The third-order valence-electron chi connectivity index (χ3n) is 5.26. The summed E-state index contributed by atoms with van der Waals surface area (Å²) in [5.41, 5.74) is 6.08. The number of benzene rings is 3. The molecule has 3 nitrogen and oxygen atoms in total. The molecule has 29 heavy (non-hydrogen) atoms. The zero-order chi connectivity index (χ0) is 20.8. The highest BCUT2D eigenvalue weighted by atomic mass is 16.5. The van der Waals surface area contributed by atoms with Crippen LogP contribution in [0.2, 0.25) is 0 Å². The maximum atomic E-state index is 12.9. The topological polar surface area (TPSA) is 35.5 Å². The molecule has 0 aliphatic rings. The Kier molecular flexibility index (Phi) is 6.71. The van der Waals surface area contributed by atoms with Crippen molar-refractivity contribution in [3.63, 3.8) is 0 Å². The Morgan fingerprint density at radius 3 is 2.41 bits per heavy atom. The molecule has 0 heterocycles. The van der Waals surface area contributed by atoms with Gasteiger partial charge in [-0.3, -0.25) is 4.79 Å². The third kappa shape index (κ3) is 5.05. The van der Waals surface area contributed by atoms with E-state index in [0.29, 0.717) is 30.8 Å². The van der Waals surface area contributed by atoms with E-state index >= 15 is 0 Å². The maximum absolute atomic E-state index is 12.9. The summed E-state index contributed by atoms with van der Waals surface area (Å²) in [7, 11) is 1.62. The molecular formula is C26H28O3. The van der Waals surface area contributed by atoms with Crippen LogP contribution in [0.25, 0.3) is 0 Å². The number of Topliss-reactive ketones (excluding diaryl/α,β-unsaturated/α-hetero) is 1. The number of rotatable bonds is 8. The molecule has 0 N–H and O–H groups in total. The fourth-order valence-electron chi connectivity index (χ4n) is 3.39. The number of hydrogen-bond donors (Lipinski definition) is 0. The van der Waals surface area contributed by atoms with E-state index in [-0.39, 0.29) is 5.78 Å². The van der Waals surface area contributed by atoms with Gasteiger partial charge in [0.05, 0.1) is 12.7 Å². The Morgan fingerprint density at radius 2 is 1.69 bits per heavy atom. The van der Waals surface area contributed by atoms with Crippen LogP contribution in [0.5, 0.6) is 11.5 Å². The first-order valence-corrected chi connectivity index (χ1v) is 9.93. The van der Waals surface area contributed by atoms with Gasteiger partial charge in [0.25, 0.3) is 0 Å². The number of methoxy groups -OCH3 is 1. The van der Waals surface area contributed by atoms with E-state index in [9.17, 15) is 4.79 Å². The highest BCUT2D eigenvalue weighted by Gasteiger charge is 2.16. The van der Waals surface area contributed by atoms with Gasteiger partial charge in [0, 0.05) is 6.42 Å². The smallest absolute Gasteiger partial charge is 0.166 e. The van der Waals surface area contributed by atoms with Crippen LogP contribution in [0.15, 0.2) is 60.7 Å². The van der Waals surface area contributed by atoms with Gasteiger partial charge in [0.1, 0.15) is 18.1 Å². The molecule has 0 aliphatic carbocycles. The highest BCUT2D eigenvalue weighted by molar-refractivity contribution is 5.99. The zero-order valence-electron chi connectivity index (χ0n) is 17.6.